The summed E-state index contributed by atoms with van der Waals surface area (Å²) in [6.45, 7) is 17.9. The third-order valence-electron chi connectivity index (χ3n) is 7.80. The van der Waals surface area contributed by atoms with Gasteiger partial charge >= 0.3 is 17.9 Å². The zero-order valence-electron chi connectivity index (χ0n) is 29.3. The van der Waals surface area contributed by atoms with Gasteiger partial charge in [-0.1, -0.05) is 78.0 Å². The normalized spacial score (nSPS) is 15.9. The first-order chi connectivity index (χ1) is 21.8. The Morgan fingerprint density at radius 3 is 2.21 bits per heavy atom. The minimum atomic E-state index is -0.849. The minimum absolute atomic E-state index is 0.00587. The largest absolute Gasteiger partial charge is 0.444 e. The topological polar surface area (TPSA) is 144 Å². The zero-order chi connectivity index (χ0) is 35.0. The van der Waals surface area contributed by atoms with Crippen molar-refractivity contribution in [3.63, 3.8) is 0 Å². The van der Waals surface area contributed by atoms with E-state index in [2.05, 4.69) is 47.8 Å². The molecule has 0 saturated carbocycles. The van der Waals surface area contributed by atoms with Crippen LogP contribution in [0.25, 0.3) is 0 Å². The number of alkyl carbamates (subject to hydrolysis) is 1. The number of aromatic nitrogens is 2. The number of carbonyl (C=O) groups excluding carboxylic acids is 3. The van der Waals surface area contributed by atoms with Gasteiger partial charge in [0.1, 0.15) is 24.1 Å². The van der Waals surface area contributed by atoms with Gasteiger partial charge in [-0.2, -0.15) is 4.98 Å². The maximum atomic E-state index is 14.0. The summed E-state index contributed by atoms with van der Waals surface area (Å²) >= 11 is 0. The Kier molecular flexibility index (Phi) is 12.2. The smallest absolute Gasteiger partial charge is 0.413 e. The van der Waals surface area contributed by atoms with Crippen LogP contribution in [0.15, 0.2) is 59.2 Å². The first-order valence-electron chi connectivity index (χ1n) is 16.1. The summed E-state index contributed by atoms with van der Waals surface area (Å²) in [6.07, 6.45) is 4.73. The maximum Gasteiger partial charge on any atom is 0.413 e. The third-order valence-corrected chi connectivity index (χ3v) is 7.80. The van der Waals surface area contributed by atoms with Gasteiger partial charge in [-0.3, -0.25) is 15.1 Å². The highest BCUT2D eigenvalue weighted by Crippen LogP contribution is 2.36. The van der Waals surface area contributed by atoms with E-state index in [1.165, 1.54) is 16.9 Å². The van der Waals surface area contributed by atoms with Gasteiger partial charge < -0.3 is 20.1 Å². The molecule has 0 saturated heterocycles. The molecule has 0 bridgehead atoms. The van der Waals surface area contributed by atoms with E-state index in [0.29, 0.717) is 5.92 Å². The maximum absolute atomic E-state index is 14.0. The van der Waals surface area contributed by atoms with Crippen LogP contribution in [0, 0.1) is 16.7 Å². The number of amides is 3. The molecule has 2 atom stereocenters. The van der Waals surface area contributed by atoms with Gasteiger partial charge in [0.2, 0.25) is 5.91 Å². The van der Waals surface area contributed by atoms with E-state index < -0.39 is 34.9 Å². The number of ether oxygens (including phenoxy) is 2. The van der Waals surface area contributed by atoms with Crippen LogP contribution >= 0.6 is 0 Å². The lowest BCUT2D eigenvalue weighted by Gasteiger charge is -2.41. The van der Waals surface area contributed by atoms with Crippen molar-refractivity contribution in [3.8, 4) is 0 Å². The molecule has 3 N–H and O–H groups in total. The molecular weight excluding hydrogens is 600 g/mol. The second-order valence-corrected chi connectivity index (χ2v) is 15.0. The van der Waals surface area contributed by atoms with Gasteiger partial charge in [0, 0.05) is 18.4 Å². The molecule has 47 heavy (non-hydrogen) atoms. The molecule has 2 unspecified atom stereocenters. The first kappa shape index (κ1) is 37.1. The monoisotopic (exact) mass is 652 g/mol. The van der Waals surface area contributed by atoms with Crippen LogP contribution in [0.2, 0.25) is 0 Å². The molecule has 1 aliphatic carbocycles. The molecule has 258 valence electrons. The lowest BCUT2D eigenvalue weighted by atomic mass is 9.74. The third kappa shape index (κ3) is 11.8. The Bertz CT molecular complexity index is 1470. The summed E-state index contributed by atoms with van der Waals surface area (Å²) in [5, 5.41) is 9.91. The fraction of sp³-hybridized carbons (Fsp3) is 0.571. The highest BCUT2D eigenvalue weighted by Gasteiger charge is 2.38. The van der Waals surface area contributed by atoms with E-state index in [1.807, 2.05) is 51.1 Å². The Morgan fingerprint density at radius 1 is 0.979 bits per heavy atom. The SMILES string of the molecule is CC(C)(C)OC(=O)NCCN(C(C(=O)NC1=CCC(C(C)(C)C)CC1)C(C)(C)C)n1ccc(NC(=O)OCc2ccccc2)nc1=O. The quantitative estimate of drug-likeness (QED) is 0.296. The summed E-state index contributed by atoms with van der Waals surface area (Å²) in [5.41, 5.74) is -0.233. The number of rotatable bonds is 10. The number of nitrogens with zero attached hydrogens (tertiary/aromatic N) is 3. The zero-order valence-corrected chi connectivity index (χ0v) is 29.3. The van der Waals surface area contributed by atoms with Gasteiger partial charge in [0.15, 0.2) is 0 Å². The first-order valence-corrected chi connectivity index (χ1v) is 16.1. The lowest BCUT2D eigenvalue weighted by Crippen LogP contribution is -2.61. The summed E-state index contributed by atoms with van der Waals surface area (Å²) in [4.78, 5) is 56.4. The van der Waals surface area contributed by atoms with Gasteiger partial charge in [0.25, 0.3) is 0 Å². The summed E-state index contributed by atoms with van der Waals surface area (Å²) in [7, 11) is 0. The average Bonchev–Trinajstić information content (AvgIpc) is 2.94. The van der Waals surface area contributed by atoms with Crippen LogP contribution in [-0.2, 0) is 20.9 Å². The van der Waals surface area contributed by atoms with E-state index in [0.717, 1.165) is 30.5 Å². The Labute approximate surface area is 278 Å². The second kappa shape index (κ2) is 15.5. The van der Waals surface area contributed by atoms with Crippen LogP contribution in [0.4, 0.5) is 15.4 Å². The molecule has 1 aliphatic rings. The number of nitrogens with one attached hydrogen (secondary N) is 3. The Morgan fingerprint density at radius 2 is 1.66 bits per heavy atom. The molecule has 3 rings (SSSR count). The fourth-order valence-electron chi connectivity index (χ4n) is 5.41. The van der Waals surface area contributed by atoms with E-state index >= 15 is 0 Å². The molecular formula is C35H52N6O6. The molecule has 0 fully saturated rings. The summed E-state index contributed by atoms with van der Waals surface area (Å²) < 4.78 is 11.9. The van der Waals surface area contributed by atoms with Crippen molar-refractivity contribution in [2.24, 2.45) is 16.7 Å². The van der Waals surface area contributed by atoms with Crippen LogP contribution in [0.3, 0.4) is 0 Å². The number of anilines is 1. The second-order valence-electron chi connectivity index (χ2n) is 15.0. The number of hydrogen-bond donors (Lipinski definition) is 3. The Hall–Kier alpha value is -4.35. The summed E-state index contributed by atoms with van der Waals surface area (Å²) in [6, 6.07) is 9.80. The van der Waals surface area contributed by atoms with Crippen molar-refractivity contribution in [2.45, 2.75) is 99.8 Å². The standard InChI is InChI=1S/C35H52N6O6/c1-33(2,3)25-15-17-26(18-16-25)37-29(42)28(34(4,5)6)40(22-20-36-31(44)47-35(7,8)9)41-21-19-27(38-30(41)43)39-32(45)46-23-24-13-11-10-12-14-24/h10-14,17,19,21,25,28H,15-16,18,20,22-23H2,1-9H3,(H,36,44)(H,37,42)(H,38,39,43,45). The predicted molar refractivity (Wildman–Crippen MR) is 182 cm³/mol. The number of hydrogen-bond acceptors (Lipinski definition) is 8. The van der Waals surface area contributed by atoms with Crippen molar-refractivity contribution in [1.82, 2.24) is 20.3 Å². The van der Waals surface area contributed by atoms with E-state index in [9.17, 15) is 19.2 Å². The predicted octanol–water partition coefficient (Wildman–Crippen LogP) is 5.72. The molecule has 0 spiro atoms. The lowest BCUT2D eigenvalue weighted by molar-refractivity contribution is -0.124. The number of carbonyl (C=O) groups is 3. The molecule has 2 aromatic rings. The van der Waals surface area contributed by atoms with E-state index in [-0.39, 0.29) is 36.8 Å². The summed E-state index contributed by atoms with van der Waals surface area (Å²) in [5.74, 6) is 0.229. The van der Waals surface area contributed by atoms with Crippen LogP contribution in [-0.4, -0.2) is 52.5 Å². The van der Waals surface area contributed by atoms with Crippen LogP contribution in [0.5, 0.6) is 0 Å². The highest BCUT2D eigenvalue weighted by atomic mass is 16.6. The molecule has 1 heterocycles. The van der Waals surface area contributed by atoms with E-state index in [4.69, 9.17) is 9.47 Å². The van der Waals surface area contributed by atoms with Gasteiger partial charge in [0.05, 0.1) is 6.54 Å². The molecule has 3 amide bonds. The van der Waals surface area contributed by atoms with Crippen LogP contribution < -0.4 is 26.6 Å². The van der Waals surface area contributed by atoms with Crippen LogP contribution in [0.1, 0.15) is 87.1 Å². The molecule has 1 aromatic carbocycles. The van der Waals surface area contributed by atoms with Crippen molar-refractivity contribution in [1.29, 1.82) is 0 Å². The van der Waals surface area contributed by atoms with Gasteiger partial charge in [-0.15, -0.1) is 0 Å². The molecule has 0 aliphatic heterocycles. The van der Waals surface area contributed by atoms with Crippen molar-refractivity contribution in [2.75, 3.05) is 23.4 Å². The fourth-order valence-corrected chi connectivity index (χ4v) is 5.41. The molecule has 1 aromatic heterocycles. The minimum Gasteiger partial charge on any atom is -0.444 e. The van der Waals surface area contributed by atoms with Crippen molar-refractivity contribution >= 4 is 23.9 Å². The van der Waals surface area contributed by atoms with E-state index in [1.54, 1.807) is 25.8 Å². The molecule has 12 heteroatoms. The van der Waals surface area contributed by atoms with Crippen molar-refractivity contribution < 1.29 is 23.9 Å². The highest BCUT2D eigenvalue weighted by molar-refractivity contribution is 5.86. The van der Waals surface area contributed by atoms with Gasteiger partial charge in [-0.05, 0) is 68.4 Å². The number of benzene rings is 1. The average molecular weight is 653 g/mol. The number of allylic oxidation sites excluding steroid dienone is 2. The Balaban J connectivity index is 1.85. The molecule has 12 nitrogen and oxygen atoms in total. The molecule has 0 radical (unpaired) electrons. The van der Waals surface area contributed by atoms with Crippen molar-refractivity contribution in [3.05, 3.63) is 70.4 Å². The van der Waals surface area contributed by atoms with Gasteiger partial charge in [-0.25, -0.2) is 19.1 Å².